The largest absolute Gasteiger partial charge is 0.480 e. The van der Waals surface area contributed by atoms with Crippen molar-refractivity contribution < 1.29 is 79.2 Å². The Morgan fingerprint density at radius 2 is 1.05 bits per heavy atom. The molecule has 1 amide bonds. The molecule has 0 atom stereocenters. The number of carboxylic acid groups (broad SMARTS) is 3. The number of nitrogens with one attached hydrogen (secondary N) is 2. The van der Waals surface area contributed by atoms with Crippen molar-refractivity contribution in [2.24, 2.45) is 0 Å². The van der Waals surface area contributed by atoms with Crippen LogP contribution in [0.5, 0.6) is 0 Å². The molecule has 0 unspecified atom stereocenters. The van der Waals surface area contributed by atoms with E-state index in [1.165, 1.54) is 11.1 Å². The minimum atomic E-state index is -4.12. The molecule has 0 bridgehead atoms. The third-order valence-electron chi connectivity index (χ3n) is 18.7. The Balaban J connectivity index is 0.878. The van der Waals surface area contributed by atoms with Gasteiger partial charge in [0.15, 0.2) is 5.71 Å². The van der Waals surface area contributed by atoms with Gasteiger partial charge >= 0.3 is 17.9 Å². The topological polar surface area (TPSA) is 309 Å². The highest BCUT2D eigenvalue weighted by molar-refractivity contribution is 7.86. The lowest BCUT2D eigenvalue weighted by Crippen LogP contribution is -2.49. The number of amides is 1. The Bertz CT molecular complexity index is 3800. The number of unbranched alkanes of at least 4 members (excludes halogenated alkanes) is 2. The van der Waals surface area contributed by atoms with E-state index < -0.39 is 49.0 Å². The Morgan fingerprint density at radius 1 is 0.551 bits per heavy atom. The number of hydrogen-bond donors (Lipinski definition) is 7. The quantitative estimate of drug-likeness (QED) is 0.0133. The van der Waals surface area contributed by atoms with Gasteiger partial charge in [0.25, 0.3) is 20.2 Å². The summed E-state index contributed by atoms with van der Waals surface area (Å²) in [6.07, 6.45) is 14.5. The fourth-order valence-electron chi connectivity index (χ4n) is 13.9. The van der Waals surface area contributed by atoms with Gasteiger partial charge in [-0.25, -0.2) is 0 Å². The summed E-state index contributed by atoms with van der Waals surface area (Å²) in [6, 6.07) is 25.4. The van der Waals surface area contributed by atoms with Crippen LogP contribution in [-0.4, -0.2) is 251 Å². The molecular formula is C72H101N8O16S2+. The highest BCUT2D eigenvalue weighted by Crippen LogP contribution is 2.51. The Morgan fingerprint density at radius 3 is 1.60 bits per heavy atom. The van der Waals surface area contributed by atoms with Gasteiger partial charge in [0, 0.05) is 132 Å². The zero-order chi connectivity index (χ0) is 70.5. The number of benzene rings is 4. The molecule has 0 radical (unpaired) electrons. The molecule has 536 valence electrons. The maximum atomic E-state index is 13.1. The third kappa shape index (κ3) is 22.5. The van der Waals surface area contributed by atoms with Crippen LogP contribution in [0.15, 0.2) is 120 Å². The van der Waals surface area contributed by atoms with Crippen molar-refractivity contribution in [3.63, 3.8) is 0 Å². The summed E-state index contributed by atoms with van der Waals surface area (Å²) >= 11 is 0. The van der Waals surface area contributed by atoms with Crippen molar-refractivity contribution in [2.75, 3.05) is 161 Å². The number of carboxylic acids is 3. The van der Waals surface area contributed by atoms with Crippen LogP contribution in [0.4, 0.5) is 11.4 Å². The molecule has 26 heteroatoms. The van der Waals surface area contributed by atoms with Crippen LogP contribution in [0.25, 0.3) is 21.5 Å². The molecule has 1 saturated heterocycles. The monoisotopic (exact) mass is 1400 g/mol. The van der Waals surface area contributed by atoms with E-state index in [0.29, 0.717) is 131 Å². The van der Waals surface area contributed by atoms with E-state index in [1.807, 2.05) is 17.0 Å². The number of rotatable bonds is 36. The van der Waals surface area contributed by atoms with Crippen molar-refractivity contribution in [3.8, 4) is 0 Å². The Hall–Kier alpha value is -6.95. The van der Waals surface area contributed by atoms with Crippen LogP contribution in [0.2, 0.25) is 0 Å². The van der Waals surface area contributed by atoms with Gasteiger partial charge in [0.05, 0.1) is 69.5 Å². The number of hydrogen-bond acceptors (Lipinski definition) is 17. The smallest absolute Gasteiger partial charge is 0.317 e. The number of ether oxygens (including phenoxy) is 3. The lowest BCUT2D eigenvalue weighted by molar-refractivity contribution is -0.438. The molecule has 4 aromatic rings. The molecule has 4 aromatic carbocycles. The molecule has 4 aliphatic rings. The number of carbonyl (C=O) groups is 4. The number of anilines is 1. The number of fused-ring (bicyclic) bond motifs is 6. The minimum absolute atomic E-state index is 0.0261. The van der Waals surface area contributed by atoms with E-state index in [-0.39, 0.29) is 69.8 Å². The molecule has 0 spiro atoms. The maximum Gasteiger partial charge on any atom is 0.317 e. The predicted octanol–water partition coefficient (Wildman–Crippen LogP) is 7.32. The van der Waals surface area contributed by atoms with E-state index in [0.717, 1.165) is 80.4 Å². The van der Waals surface area contributed by atoms with Crippen LogP contribution in [-0.2, 0) is 64.5 Å². The highest BCUT2D eigenvalue weighted by atomic mass is 32.2. The lowest BCUT2D eigenvalue weighted by atomic mass is 9.78. The number of carbonyl (C=O) groups excluding carboxylic acids is 1. The fourth-order valence-corrected chi connectivity index (χ4v) is 15.0. The first kappa shape index (κ1) is 76.8. The first-order chi connectivity index (χ1) is 46.8. The molecule has 0 saturated carbocycles. The average molecular weight is 1400 g/mol. The summed E-state index contributed by atoms with van der Waals surface area (Å²) in [4.78, 5) is 57.3. The van der Waals surface area contributed by atoms with Crippen LogP contribution < -0.4 is 15.5 Å². The van der Waals surface area contributed by atoms with Crippen LogP contribution in [0, 0.1) is 0 Å². The number of allylic oxidation sites excluding steroid dienone is 7. The second-order valence-electron chi connectivity index (χ2n) is 26.7. The maximum absolute atomic E-state index is 13.1. The molecule has 3 heterocycles. The first-order valence-corrected chi connectivity index (χ1v) is 37.5. The normalized spacial score (nSPS) is 18.6. The SMILES string of the molecule is CC1(C)C(/C=C/C2=C(NCCCOCCOCCOCCCNC(=O)CN3CCN(CC(=O)O)CCN(CC(=O)O)CCN(CC(=O)O)CC3)C(=C/C=C3/N(CCCCS(=O)(=O)O)c4ccc5ccccc5c4C3(C)C)/CCC2)=[N+](CCCCS(=O)(=O)O)c2ccc3ccccc3c21. The van der Waals surface area contributed by atoms with Gasteiger partial charge in [-0.1, -0.05) is 80.6 Å². The van der Waals surface area contributed by atoms with E-state index in [9.17, 15) is 60.4 Å². The van der Waals surface area contributed by atoms with Gasteiger partial charge in [-0.15, -0.1) is 0 Å². The number of nitrogens with zero attached hydrogens (tertiary/aromatic N) is 6. The summed E-state index contributed by atoms with van der Waals surface area (Å²) in [5.74, 6) is -3.92. The molecule has 1 aliphatic carbocycles. The van der Waals surface area contributed by atoms with Crippen molar-refractivity contribution in [1.29, 1.82) is 0 Å². The predicted molar refractivity (Wildman–Crippen MR) is 380 cm³/mol. The van der Waals surface area contributed by atoms with Gasteiger partial charge in [0.1, 0.15) is 6.54 Å². The minimum Gasteiger partial charge on any atom is -0.480 e. The molecule has 3 aliphatic heterocycles. The average Bonchev–Trinajstić information content (AvgIpc) is 1.58. The highest BCUT2D eigenvalue weighted by Gasteiger charge is 2.46. The van der Waals surface area contributed by atoms with Crippen molar-refractivity contribution >= 4 is 82.7 Å². The molecule has 8 rings (SSSR count). The summed E-state index contributed by atoms with van der Waals surface area (Å²) in [5, 5.41) is 39.9. The standard InChI is InChI=1S/C72H100N8O16S2/c1-71(2)62(79(32-9-11-48-97(88,89)90)60-26-22-54-16-5-7-20-58(54)68(60)71)28-24-56-18-13-19-57(25-29-63-72(3,4)69-59-21-8-6-17-55(59)23-27-61(69)80(63)33-10-12-49-98(91,92)93)70(56)74-31-15-43-95-45-47-96-46-44-94-42-14-30-73-64(81)50-75-34-36-76(51-65(82)83)38-40-78(53-67(86)87)41-39-77(37-35-75)52-66(84)85/h5-8,16-17,20-29H,9-15,18-19,30-53H2,1-4H3,(H6,73,81,82,83,84,85,86,87,88,89,90,91,92,93)/p+1/b56-24+,62-28+. The van der Waals surface area contributed by atoms with Gasteiger partial charge in [-0.3, -0.25) is 47.9 Å². The first-order valence-electron chi connectivity index (χ1n) is 34.3. The van der Waals surface area contributed by atoms with Crippen molar-refractivity contribution in [1.82, 2.24) is 30.2 Å². The molecular weight excluding hydrogens is 1300 g/mol. The fraction of sp³-hybridized carbons (Fsp3) is 0.542. The van der Waals surface area contributed by atoms with E-state index in [1.54, 1.807) is 14.7 Å². The zero-order valence-electron chi connectivity index (χ0n) is 57.3. The Labute approximate surface area is 577 Å². The zero-order valence-corrected chi connectivity index (χ0v) is 58.9. The van der Waals surface area contributed by atoms with E-state index in [2.05, 4.69) is 133 Å². The van der Waals surface area contributed by atoms with Crippen molar-refractivity contribution in [2.45, 2.75) is 96.3 Å². The summed E-state index contributed by atoms with van der Waals surface area (Å²) in [6.45, 7) is 15.1. The molecule has 24 nitrogen and oxygen atoms in total. The van der Waals surface area contributed by atoms with Crippen LogP contribution in [0.1, 0.15) is 96.6 Å². The molecule has 1 fully saturated rings. The molecule has 98 heavy (non-hydrogen) atoms. The van der Waals surface area contributed by atoms with E-state index >= 15 is 0 Å². The van der Waals surface area contributed by atoms with Crippen molar-refractivity contribution in [3.05, 3.63) is 131 Å². The van der Waals surface area contributed by atoms with Crippen LogP contribution in [0.3, 0.4) is 0 Å². The summed E-state index contributed by atoms with van der Waals surface area (Å²) < 4.78 is 86.4. The lowest BCUT2D eigenvalue weighted by Gasteiger charge is -2.32. The van der Waals surface area contributed by atoms with Gasteiger partial charge < -0.3 is 45.1 Å². The van der Waals surface area contributed by atoms with Gasteiger partial charge in [-0.2, -0.15) is 21.4 Å². The Kier molecular flexibility index (Phi) is 28.5. The van der Waals surface area contributed by atoms with Crippen LogP contribution >= 0.6 is 0 Å². The summed E-state index contributed by atoms with van der Waals surface area (Å²) in [7, 11) is -8.23. The molecule has 0 aromatic heterocycles. The number of aliphatic carboxylic acids is 3. The van der Waals surface area contributed by atoms with Gasteiger partial charge in [0.2, 0.25) is 11.6 Å². The molecule has 7 N–H and O–H groups in total. The second kappa shape index (κ2) is 36.4. The second-order valence-corrected chi connectivity index (χ2v) is 29.9. The van der Waals surface area contributed by atoms with Gasteiger partial charge in [-0.05, 0) is 122 Å². The summed E-state index contributed by atoms with van der Waals surface area (Å²) in [5.41, 5.74) is 9.23. The van der Waals surface area contributed by atoms with E-state index in [4.69, 9.17) is 14.2 Å². The third-order valence-corrected chi connectivity index (χ3v) is 20.3.